The Balaban J connectivity index is 2.71. The van der Waals surface area contributed by atoms with E-state index in [0.717, 1.165) is 18.4 Å². The Labute approximate surface area is 101 Å². The molecule has 4 nitrogen and oxygen atoms in total. The van der Waals surface area contributed by atoms with E-state index in [4.69, 9.17) is 4.74 Å². The summed E-state index contributed by atoms with van der Waals surface area (Å²) in [4.78, 5) is 23.3. The Morgan fingerprint density at radius 3 is 2.82 bits per heavy atom. The topological polar surface area (TPSA) is 48.3 Å². The van der Waals surface area contributed by atoms with Gasteiger partial charge < -0.3 is 9.30 Å². The predicted molar refractivity (Wildman–Crippen MR) is 66.0 cm³/mol. The van der Waals surface area contributed by atoms with E-state index in [1.807, 2.05) is 13.8 Å². The highest BCUT2D eigenvalue weighted by molar-refractivity contribution is 5.73. The maximum absolute atomic E-state index is 11.7. The molecule has 17 heavy (non-hydrogen) atoms. The van der Waals surface area contributed by atoms with Gasteiger partial charge in [0.25, 0.3) is 5.56 Å². The highest BCUT2D eigenvalue weighted by Gasteiger charge is 2.16. The van der Waals surface area contributed by atoms with Crippen molar-refractivity contribution in [3.8, 4) is 0 Å². The molecule has 0 saturated heterocycles. The van der Waals surface area contributed by atoms with E-state index in [2.05, 4.69) is 0 Å². The monoisotopic (exact) mass is 237 g/mol. The van der Waals surface area contributed by atoms with Gasteiger partial charge in [-0.15, -0.1) is 0 Å². The molecule has 0 aliphatic rings. The molecule has 0 aliphatic heterocycles. The molecular formula is C13H19NO3. The van der Waals surface area contributed by atoms with Crippen LogP contribution < -0.4 is 5.56 Å². The standard InChI is InChI=1S/C13H19NO3/c1-4-5-8-17-13(16)11(3)14-7-6-10(2)9-12(14)15/h6-7,9,11H,4-5,8H2,1-3H3. The lowest BCUT2D eigenvalue weighted by Gasteiger charge is -2.14. The van der Waals surface area contributed by atoms with Crippen LogP contribution in [0.15, 0.2) is 23.1 Å². The fourth-order valence-electron chi connectivity index (χ4n) is 1.46. The number of unbranched alkanes of at least 4 members (excludes halogenated alkanes) is 1. The molecule has 1 aromatic rings. The first-order valence-electron chi connectivity index (χ1n) is 5.91. The second-order valence-corrected chi connectivity index (χ2v) is 4.15. The molecule has 0 N–H and O–H groups in total. The van der Waals surface area contributed by atoms with Crippen molar-refractivity contribution < 1.29 is 9.53 Å². The lowest BCUT2D eigenvalue weighted by Crippen LogP contribution is -2.28. The van der Waals surface area contributed by atoms with Crippen molar-refractivity contribution >= 4 is 5.97 Å². The Morgan fingerprint density at radius 2 is 2.24 bits per heavy atom. The number of pyridine rings is 1. The van der Waals surface area contributed by atoms with E-state index >= 15 is 0 Å². The number of carbonyl (C=O) groups is 1. The number of hydrogen-bond donors (Lipinski definition) is 0. The van der Waals surface area contributed by atoms with Crippen LogP contribution in [-0.4, -0.2) is 17.1 Å². The molecule has 0 amide bonds. The molecular weight excluding hydrogens is 218 g/mol. The minimum Gasteiger partial charge on any atom is -0.464 e. The third-order valence-corrected chi connectivity index (χ3v) is 2.60. The van der Waals surface area contributed by atoms with Gasteiger partial charge in [-0.1, -0.05) is 13.3 Å². The molecule has 1 heterocycles. The molecule has 0 fully saturated rings. The molecule has 1 rings (SSSR count). The maximum atomic E-state index is 11.7. The SMILES string of the molecule is CCCCOC(=O)C(C)n1ccc(C)cc1=O. The molecule has 0 spiro atoms. The number of rotatable bonds is 5. The zero-order chi connectivity index (χ0) is 12.8. The molecule has 0 aromatic carbocycles. The van der Waals surface area contributed by atoms with E-state index in [1.54, 1.807) is 19.2 Å². The van der Waals surface area contributed by atoms with Crippen LogP contribution in [0.5, 0.6) is 0 Å². The normalized spacial score (nSPS) is 12.2. The summed E-state index contributed by atoms with van der Waals surface area (Å²) < 4.78 is 6.48. The van der Waals surface area contributed by atoms with E-state index in [0.29, 0.717) is 6.61 Å². The van der Waals surface area contributed by atoms with Crippen LogP contribution in [0, 0.1) is 6.92 Å². The first kappa shape index (κ1) is 13.5. The average Bonchev–Trinajstić information content (AvgIpc) is 2.28. The van der Waals surface area contributed by atoms with Gasteiger partial charge in [-0.05, 0) is 31.9 Å². The number of ether oxygens (including phenoxy) is 1. The maximum Gasteiger partial charge on any atom is 0.328 e. The minimum absolute atomic E-state index is 0.176. The van der Waals surface area contributed by atoms with Crippen LogP contribution in [0.3, 0.4) is 0 Å². The van der Waals surface area contributed by atoms with Gasteiger partial charge in [-0.2, -0.15) is 0 Å². The molecule has 1 aromatic heterocycles. The fraction of sp³-hybridized carbons (Fsp3) is 0.538. The van der Waals surface area contributed by atoms with Crippen molar-refractivity contribution in [3.05, 3.63) is 34.2 Å². The summed E-state index contributed by atoms with van der Waals surface area (Å²) in [6.45, 7) is 5.96. The average molecular weight is 237 g/mol. The summed E-state index contributed by atoms with van der Waals surface area (Å²) in [6, 6.07) is 2.74. The lowest BCUT2D eigenvalue weighted by atomic mass is 10.2. The second-order valence-electron chi connectivity index (χ2n) is 4.15. The molecule has 1 unspecified atom stereocenters. The number of esters is 1. The number of carbonyl (C=O) groups excluding carboxylic acids is 1. The molecule has 0 radical (unpaired) electrons. The summed E-state index contributed by atoms with van der Waals surface area (Å²) in [6.07, 6.45) is 3.46. The second kappa shape index (κ2) is 6.23. The Kier molecular flexibility index (Phi) is 4.94. The smallest absolute Gasteiger partial charge is 0.328 e. The predicted octanol–water partition coefficient (Wildman–Crippen LogP) is 2.06. The highest BCUT2D eigenvalue weighted by atomic mass is 16.5. The van der Waals surface area contributed by atoms with Gasteiger partial charge in [-0.3, -0.25) is 4.79 Å². The zero-order valence-electron chi connectivity index (χ0n) is 10.6. The first-order chi connectivity index (χ1) is 8.06. The number of aryl methyl sites for hydroxylation is 1. The first-order valence-corrected chi connectivity index (χ1v) is 5.91. The largest absolute Gasteiger partial charge is 0.464 e. The summed E-state index contributed by atoms with van der Waals surface area (Å²) in [5, 5.41) is 0. The third-order valence-electron chi connectivity index (χ3n) is 2.60. The van der Waals surface area contributed by atoms with Gasteiger partial charge in [0, 0.05) is 12.3 Å². The van der Waals surface area contributed by atoms with Crippen molar-refractivity contribution in [2.75, 3.05) is 6.61 Å². The summed E-state index contributed by atoms with van der Waals surface area (Å²) >= 11 is 0. The minimum atomic E-state index is -0.569. The lowest BCUT2D eigenvalue weighted by molar-refractivity contribution is -0.147. The van der Waals surface area contributed by atoms with Crippen molar-refractivity contribution in [2.45, 2.75) is 39.7 Å². The highest BCUT2D eigenvalue weighted by Crippen LogP contribution is 2.06. The fourth-order valence-corrected chi connectivity index (χ4v) is 1.46. The molecule has 0 aliphatic carbocycles. The Bertz CT molecular complexity index is 437. The van der Waals surface area contributed by atoms with Gasteiger partial charge in [0.2, 0.25) is 0 Å². The number of nitrogens with zero attached hydrogens (tertiary/aromatic N) is 1. The summed E-state index contributed by atoms with van der Waals surface area (Å²) in [7, 11) is 0. The molecule has 0 saturated carbocycles. The Morgan fingerprint density at radius 1 is 1.53 bits per heavy atom. The molecule has 0 bridgehead atoms. The van der Waals surface area contributed by atoms with Crippen molar-refractivity contribution in [2.24, 2.45) is 0 Å². The van der Waals surface area contributed by atoms with Crippen molar-refractivity contribution in [1.29, 1.82) is 0 Å². The van der Waals surface area contributed by atoms with Gasteiger partial charge in [0.1, 0.15) is 6.04 Å². The summed E-state index contributed by atoms with van der Waals surface area (Å²) in [5.41, 5.74) is 0.711. The van der Waals surface area contributed by atoms with Crippen LogP contribution in [0.1, 0.15) is 38.3 Å². The van der Waals surface area contributed by atoms with Crippen molar-refractivity contribution in [1.82, 2.24) is 4.57 Å². The van der Waals surface area contributed by atoms with E-state index in [-0.39, 0.29) is 11.5 Å². The van der Waals surface area contributed by atoms with Gasteiger partial charge in [0.05, 0.1) is 6.61 Å². The van der Waals surface area contributed by atoms with Crippen LogP contribution in [0.4, 0.5) is 0 Å². The van der Waals surface area contributed by atoms with Gasteiger partial charge in [-0.25, -0.2) is 4.79 Å². The van der Waals surface area contributed by atoms with E-state index < -0.39 is 6.04 Å². The zero-order valence-corrected chi connectivity index (χ0v) is 10.6. The molecule has 4 heteroatoms. The van der Waals surface area contributed by atoms with E-state index in [1.165, 1.54) is 10.6 Å². The van der Waals surface area contributed by atoms with Crippen LogP contribution in [0.2, 0.25) is 0 Å². The Hall–Kier alpha value is -1.58. The van der Waals surface area contributed by atoms with Crippen LogP contribution in [0.25, 0.3) is 0 Å². The van der Waals surface area contributed by atoms with Gasteiger partial charge >= 0.3 is 5.97 Å². The molecule has 94 valence electrons. The van der Waals surface area contributed by atoms with Crippen LogP contribution in [-0.2, 0) is 9.53 Å². The number of aromatic nitrogens is 1. The quantitative estimate of drug-likeness (QED) is 0.581. The van der Waals surface area contributed by atoms with E-state index in [9.17, 15) is 9.59 Å². The van der Waals surface area contributed by atoms with Crippen molar-refractivity contribution in [3.63, 3.8) is 0 Å². The molecule has 1 atom stereocenters. The van der Waals surface area contributed by atoms with Gasteiger partial charge in [0.15, 0.2) is 0 Å². The third kappa shape index (κ3) is 3.73. The number of hydrogen-bond acceptors (Lipinski definition) is 3. The van der Waals surface area contributed by atoms with Crippen LogP contribution >= 0.6 is 0 Å². The summed E-state index contributed by atoms with van der Waals surface area (Å²) in [5.74, 6) is -0.357.